The predicted octanol–water partition coefficient (Wildman–Crippen LogP) is 0.608. The van der Waals surface area contributed by atoms with Gasteiger partial charge in [0, 0.05) is 32.4 Å². The molecule has 0 spiro atoms. The van der Waals surface area contributed by atoms with Crippen LogP contribution in [0.5, 0.6) is 0 Å². The van der Waals surface area contributed by atoms with Crippen molar-refractivity contribution in [3.63, 3.8) is 0 Å². The molecule has 1 aromatic heterocycles. The Morgan fingerprint density at radius 2 is 2.43 bits per heavy atom. The Morgan fingerprint density at radius 3 is 3.07 bits per heavy atom. The molecule has 1 saturated heterocycles. The molecular formula is C10H18N4. The number of aryl methyl sites for hydroxylation is 1. The van der Waals surface area contributed by atoms with E-state index < -0.39 is 0 Å². The third kappa shape index (κ3) is 1.90. The van der Waals surface area contributed by atoms with E-state index in [9.17, 15) is 0 Å². The lowest BCUT2D eigenvalue weighted by atomic mass is 10.1. The average Bonchev–Trinajstić information content (AvgIpc) is 2.65. The average molecular weight is 194 g/mol. The fourth-order valence-corrected chi connectivity index (χ4v) is 2.02. The van der Waals surface area contributed by atoms with E-state index >= 15 is 0 Å². The van der Waals surface area contributed by atoms with Crippen LogP contribution in [0.4, 0.5) is 5.69 Å². The minimum absolute atomic E-state index is 0.629. The standard InChI is InChI=1S/C10H18N4/c1-11-9-4-3-5-14(7-9)10-6-12-13(2)8-10/h6,8-9,11H,3-5,7H2,1-2H3. The van der Waals surface area contributed by atoms with Crippen LogP contribution >= 0.6 is 0 Å². The summed E-state index contributed by atoms with van der Waals surface area (Å²) in [5.41, 5.74) is 1.24. The zero-order valence-electron chi connectivity index (χ0n) is 8.90. The number of likely N-dealkylation sites (N-methyl/N-ethyl adjacent to an activating group) is 1. The molecule has 4 nitrogen and oxygen atoms in total. The first-order valence-electron chi connectivity index (χ1n) is 5.20. The monoisotopic (exact) mass is 194 g/mol. The zero-order valence-corrected chi connectivity index (χ0v) is 8.90. The highest BCUT2D eigenvalue weighted by molar-refractivity contribution is 5.42. The molecule has 2 rings (SSSR count). The van der Waals surface area contributed by atoms with Gasteiger partial charge in [0.05, 0.1) is 11.9 Å². The molecule has 0 radical (unpaired) electrons. The van der Waals surface area contributed by atoms with E-state index in [4.69, 9.17) is 0 Å². The van der Waals surface area contributed by atoms with E-state index in [0.29, 0.717) is 6.04 Å². The van der Waals surface area contributed by atoms with Gasteiger partial charge in [0.25, 0.3) is 0 Å². The van der Waals surface area contributed by atoms with Crippen molar-refractivity contribution in [2.24, 2.45) is 7.05 Å². The highest BCUT2D eigenvalue weighted by Crippen LogP contribution is 2.18. The van der Waals surface area contributed by atoms with Gasteiger partial charge in [-0.3, -0.25) is 4.68 Å². The number of nitrogens with zero attached hydrogens (tertiary/aromatic N) is 3. The Bertz CT molecular complexity index is 294. The SMILES string of the molecule is CNC1CCCN(c2cnn(C)c2)C1. The Kier molecular flexibility index (Phi) is 2.72. The first-order valence-corrected chi connectivity index (χ1v) is 5.20. The second kappa shape index (κ2) is 4.00. The summed E-state index contributed by atoms with van der Waals surface area (Å²) in [5.74, 6) is 0. The van der Waals surface area contributed by atoms with Crippen molar-refractivity contribution < 1.29 is 0 Å². The van der Waals surface area contributed by atoms with Gasteiger partial charge in [-0.15, -0.1) is 0 Å². The lowest BCUT2D eigenvalue weighted by molar-refractivity contribution is 0.449. The molecule has 1 N–H and O–H groups in total. The number of hydrogen-bond acceptors (Lipinski definition) is 3. The summed E-state index contributed by atoms with van der Waals surface area (Å²) in [6.45, 7) is 2.26. The second-order valence-electron chi connectivity index (χ2n) is 3.95. The van der Waals surface area contributed by atoms with E-state index in [1.807, 2.05) is 25.0 Å². The van der Waals surface area contributed by atoms with Crippen molar-refractivity contribution >= 4 is 5.69 Å². The molecule has 1 unspecified atom stereocenters. The van der Waals surface area contributed by atoms with Gasteiger partial charge >= 0.3 is 0 Å². The highest BCUT2D eigenvalue weighted by atomic mass is 15.3. The largest absolute Gasteiger partial charge is 0.367 e. The Hall–Kier alpha value is -1.03. The number of nitrogens with one attached hydrogen (secondary N) is 1. The van der Waals surface area contributed by atoms with Gasteiger partial charge in [0.1, 0.15) is 0 Å². The van der Waals surface area contributed by atoms with Gasteiger partial charge in [-0.2, -0.15) is 5.10 Å². The van der Waals surface area contributed by atoms with Crippen molar-refractivity contribution in [2.45, 2.75) is 18.9 Å². The van der Waals surface area contributed by atoms with Gasteiger partial charge in [-0.05, 0) is 19.9 Å². The summed E-state index contributed by atoms with van der Waals surface area (Å²) in [6, 6.07) is 0.629. The summed E-state index contributed by atoms with van der Waals surface area (Å²) >= 11 is 0. The first-order chi connectivity index (χ1) is 6.79. The molecule has 1 fully saturated rings. The molecule has 4 heteroatoms. The van der Waals surface area contributed by atoms with E-state index in [-0.39, 0.29) is 0 Å². The maximum Gasteiger partial charge on any atom is 0.0752 e. The molecule has 0 bridgehead atoms. The van der Waals surface area contributed by atoms with Crippen LogP contribution in [0, 0.1) is 0 Å². The molecule has 1 aliphatic heterocycles. The quantitative estimate of drug-likeness (QED) is 0.749. The van der Waals surface area contributed by atoms with Crippen molar-refractivity contribution in [3.05, 3.63) is 12.4 Å². The normalized spacial score (nSPS) is 22.7. The summed E-state index contributed by atoms with van der Waals surface area (Å²) in [6.07, 6.45) is 6.57. The third-order valence-electron chi connectivity index (χ3n) is 2.89. The topological polar surface area (TPSA) is 33.1 Å². The molecule has 1 aliphatic rings. The lowest BCUT2D eigenvalue weighted by Gasteiger charge is -2.33. The molecule has 78 valence electrons. The van der Waals surface area contributed by atoms with Crippen LogP contribution < -0.4 is 10.2 Å². The van der Waals surface area contributed by atoms with Crippen LogP contribution in [-0.4, -0.2) is 36.0 Å². The molecule has 14 heavy (non-hydrogen) atoms. The zero-order chi connectivity index (χ0) is 9.97. The minimum atomic E-state index is 0.629. The molecule has 0 aromatic carbocycles. The maximum atomic E-state index is 4.20. The van der Waals surface area contributed by atoms with Crippen molar-refractivity contribution in [2.75, 3.05) is 25.0 Å². The Labute approximate surface area is 84.9 Å². The van der Waals surface area contributed by atoms with Crippen LogP contribution in [0.15, 0.2) is 12.4 Å². The second-order valence-corrected chi connectivity index (χ2v) is 3.95. The number of hydrogen-bond donors (Lipinski definition) is 1. The van der Waals surface area contributed by atoms with Gasteiger partial charge in [0.2, 0.25) is 0 Å². The Morgan fingerprint density at radius 1 is 1.57 bits per heavy atom. The summed E-state index contributed by atoms with van der Waals surface area (Å²) in [7, 11) is 4.00. The lowest BCUT2D eigenvalue weighted by Crippen LogP contribution is -2.44. The van der Waals surface area contributed by atoms with E-state index in [0.717, 1.165) is 13.1 Å². The summed E-state index contributed by atoms with van der Waals surface area (Å²) in [5, 5.41) is 7.54. The van der Waals surface area contributed by atoms with E-state index in [1.165, 1.54) is 18.5 Å². The molecule has 0 amide bonds. The van der Waals surface area contributed by atoms with Crippen LogP contribution in [0.2, 0.25) is 0 Å². The summed E-state index contributed by atoms with van der Waals surface area (Å²) < 4.78 is 1.86. The van der Waals surface area contributed by atoms with Gasteiger partial charge in [-0.25, -0.2) is 0 Å². The molecule has 2 heterocycles. The molecule has 0 aliphatic carbocycles. The predicted molar refractivity (Wildman–Crippen MR) is 57.5 cm³/mol. The van der Waals surface area contributed by atoms with Gasteiger partial charge < -0.3 is 10.2 Å². The molecule has 0 saturated carbocycles. The van der Waals surface area contributed by atoms with Crippen molar-refractivity contribution in [1.29, 1.82) is 0 Å². The van der Waals surface area contributed by atoms with Gasteiger partial charge in [-0.1, -0.05) is 0 Å². The molecular weight excluding hydrogens is 176 g/mol. The molecule has 1 atom stereocenters. The van der Waals surface area contributed by atoms with Crippen molar-refractivity contribution in [1.82, 2.24) is 15.1 Å². The number of anilines is 1. The fourth-order valence-electron chi connectivity index (χ4n) is 2.02. The fraction of sp³-hybridized carbons (Fsp3) is 0.700. The number of aromatic nitrogens is 2. The third-order valence-corrected chi connectivity index (χ3v) is 2.89. The van der Waals surface area contributed by atoms with Crippen LogP contribution in [0.3, 0.4) is 0 Å². The number of rotatable bonds is 2. The minimum Gasteiger partial charge on any atom is -0.367 e. The van der Waals surface area contributed by atoms with Gasteiger partial charge in [0.15, 0.2) is 0 Å². The maximum absolute atomic E-state index is 4.20. The molecule has 1 aromatic rings. The first kappa shape index (κ1) is 9.52. The number of piperidine rings is 1. The van der Waals surface area contributed by atoms with Crippen LogP contribution in [-0.2, 0) is 7.05 Å². The van der Waals surface area contributed by atoms with E-state index in [2.05, 4.69) is 21.5 Å². The van der Waals surface area contributed by atoms with Crippen LogP contribution in [0.1, 0.15) is 12.8 Å². The van der Waals surface area contributed by atoms with Crippen molar-refractivity contribution in [3.8, 4) is 0 Å². The Balaban J connectivity index is 2.04. The highest BCUT2D eigenvalue weighted by Gasteiger charge is 2.19. The summed E-state index contributed by atoms with van der Waals surface area (Å²) in [4.78, 5) is 2.40. The van der Waals surface area contributed by atoms with Crippen LogP contribution in [0.25, 0.3) is 0 Å². The smallest absolute Gasteiger partial charge is 0.0752 e. The van der Waals surface area contributed by atoms with E-state index in [1.54, 1.807) is 0 Å².